The predicted molar refractivity (Wildman–Crippen MR) is 266 cm³/mol. The third-order valence-electron chi connectivity index (χ3n) is 12.8. The van der Waals surface area contributed by atoms with Gasteiger partial charge in [0.25, 0.3) is 0 Å². The lowest BCUT2D eigenvalue weighted by Gasteiger charge is -2.43. The Kier molecular flexibility index (Phi) is 41.1. The largest absolute Gasteiger partial charge is 0.463 e. The van der Waals surface area contributed by atoms with Crippen molar-refractivity contribution in [2.75, 3.05) is 6.61 Å². The first-order chi connectivity index (χ1) is 31.3. The Bertz CT molecular complexity index is 1120. The van der Waals surface area contributed by atoms with Gasteiger partial charge in [0.15, 0.2) is 18.3 Å². The van der Waals surface area contributed by atoms with Gasteiger partial charge in [-0.25, -0.2) is 0 Å². The monoisotopic (exact) mass is 925 g/mol. The van der Waals surface area contributed by atoms with E-state index < -0.39 is 47.8 Å². The van der Waals surface area contributed by atoms with Crippen LogP contribution in [0.5, 0.6) is 0 Å². The van der Waals surface area contributed by atoms with Gasteiger partial charge >= 0.3 is 23.9 Å². The highest BCUT2D eigenvalue weighted by atomic mass is 32.1. The summed E-state index contributed by atoms with van der Waals surface area (Å²) in [7, 11) is 0. The van der Waals surface area contributed by atoms with E-state index >= 15 is 0 Å². The van der Waals surface area contributed by atoms with Crippen LogP contribution in [-0.2, 0) is 42.9 Å². The average molecular weight is 925 g/mol. The zero-order chi connectivity index (χ0) is 46.7. The second kappa shape index (κ2) is 43.7. The number of hydrogen-bond acceptors (Lipinski definition) is 10. The number of esters is 4. The van der Waals surface area contributed by atoms with Crippen molar-refractivity contribution in [2.24, 2.45) is 0 Å². The second-order valence-electron chi connectivity index (χ2n) is 18.9. The summed E-state index contributed by atoms with van der Waals surface area (Å²) in [5, 5.41) is 0. The van der Waals surface area contributed by atoms with E-state index in [0.717, 1.165) is 77.0 Å². The molecule has 0 aromatic rings. The van der Waals surface area contributed by atoms with Crippen LogP contribution in [0, 0.1) is 0 Å². The number of ether oxygens (including phenoxy) is 5. The molecule has 0 N–H and O–H groups in total. The third-order valence-corrected chi connectivity index (χ3v) is 13.2. The smallest absolute Gasteiger partial charge is 0.306 e. The zero-order valence-electron chi connectivity index (χ0n) is 42.0. The Morgan fingerprint density at radius 1 is 0.344 bits per heavy atom. The fourth-order valence-corrected chi connectivity index (χ4v) is 9.02. The number of rotatable bonds is 45. The molecule has 1 saturated heterocycles. The summed E-state index contributed by atoms with van der Waals surface area (Å²) in [4.78, 5) is 53.5. The zero-order valence-corrected chi connectivity index (χ0v) is 42.9. The summed E-state index contributed by atoms with van der Waals surface area (Å²) in [6.45, 7) is 8.69. The molecule has 0 saturated carbocycles. The minimum Gasteiger partial charge on any atom is -0.463 e. The van der Waals surface area contributed by atoms with Crippen molar-refractivity contribution in [2.45, 2.75) is 314 Å². The molecule has 1 fully saturated rings. The van der Waals surface area contributed by atoms with Gasteiger partial charge < -0.3 is 23.7 Å². The topological polar surface area (TPSA) is 114 Å². The van der Waals surface area contributed by atoms with Crippen LogP contribution in [0.25, 0.3) is 0 Å². The lowest BCUT2D eigenvalue weighted by atomic mass is 9.98. The van der Waals surface area contributed by atoms with Crippen LogP contribution in [0.2, 0.25) is 0 Å². The maximum absolute atomic E-state index is 13.6. The van der Waals surface area contributed by atoms with Crippen molar-refractivity contribution in [3.8, 4) is 0 Å². The fourth-order valence-electron chi connectivity index (χ4n) is 8.63. The molecule has 5 atom stereocenters. The highest BCUT2D eigenvalue weighted by Crippen LogP contribution is 2.32. The van der Waals surface area contributed by atoms with Crippen molar-refractivity contribution in [1.29, 1.82) is 0 Å². The lowest BCUT2D eigenvalue weighted by Crippen LogP contribution is -2.61. The van der Waals surface area contributed by atoms with Gasteiger partial charge in [-0.15, -0.1) is 12.6 Å². The number of carbonyl (C=O) groups excluding carboxylic acids is 4. The van der Waals surface area contributed by atoms with E-state index in [1.807, 2.05) is 0 Å². The molecule has 0 aromatic heterocycles. The molecule has 1 heterocycles. The SMILES string of the molecule is CCCCCCCCCCCC(=O)OC[C@H]1O[C@H](S)[C@H](OC(=O)CCCCCCCCCCC)[C@@H](OC(=O)CCCCCCCCCCC)[C@H]1OC(=O)CCCCCCCCCCC. The molecule has 0 amide bonds. The first-order valence-corrected chi connectivity index (χ1v) is 27.9. The van der Waals surface area contributed by atoms with Gasteiger partial charge in [-0.1, -0.05) is 233 Å². The van der Waals surface area contributed by atoms with Crippen LogP contribution >= 0.6 is 12.6 Å². The Hall–Kier alpha value is -1.81. The minimum atomic E-state index is -1.16. The molecule has 0 bridgehead atoms. The summed E-state index contributed by atoms with van der Waals surface area (Å²) in [6.07, 6.45) is 37.0. The summed E-state index contributed by atoms with van der Waals surface area (Å²) >= 11 is 4.72. The Morgan fingerprint density at radius 3 is 0.906 bits per heavy atom. The van der Waals surface area contributed by atoms with Gasteiger partial charge in [-0.2, -0.15) is 0 Å². The van der Waals surface area contributed by atoms with Crippen molar-refractivity contribution < 1.29 is 42.9 Å². The number of unbranched alkanes of at least 4 members (excludes halogenated alkanes) is 32. The van der Waals surface area contributed by atoms with Crippen LogP contribution in [0.4, 0.5) is 0 Å². The van der Waals surface area contributed by atoms with Crippen LogP contribution in [-0.4, -0.2) is 60.3 Å². The molecular formula is C54H100O9S. The van der Waals surface area contributed by atoms with Crippen LogP contribution in [0.1, 0.15) is 285 Å². The van der Waals surface area contributed by atoms with E-state index in [9.17, 15) is 19.2 Å². The average Bonchev–Trinajstić information content (AvgIpc) is 3.28. The van der Waals surface area contributed by atoms with Crippen LogP contribution < -0.4 is 0 Å². The molecule has 0 aromatic carbocycles. The van der Waals surface area contributed by atoms with Crippen molar-refractivity contribution in [3.63, 3.8) is 0 Å². The van der Waals surface area contributed by atoms with E-state index in [1.165, 1.54) is 135 Å². The molecule has 10 heteroatoms. The van der Waals surface area contributed by atoms with E-state index in [0.29, 0.717) is 19.3 Å². The molecule has 0 radical (unpaired) electrons. The molecule has 1 aliphatic rings. The van der Waals surface area contributed by atoms with Crippen LogP contribution in [0.3, 0.4) is 0 Å². The standard InChI is InChI=1S/C54H100O9S/c1-5-9-13-17-21-25-29-33-37-41-47(55)59-45-46-51(61-48(56)42-38-34-30-26-22-18-14-10-6-2)52(62-49(57)43-39-35-31-27-23-19-15-11-7-3)53(54(64)60-46)63-50(58)44-40-36-32-28-24-20-16-12-8-4/h46,51-54,64H,5-45H2,1-4H3/t46-,51+,52+,53-,54-/m1/s1. The predicted octanol–water partition coefficient (Wildman–Crippen LogP) is 15.6. The Labute approximate surface area is 398 Å². The molecular weight excluding hydrogens is 825 g/mol. The first kappa shape index (κ1) is 60.2. The molecule has 0 spiro atoms. The molecule has 1 aliphatic heterocycles. The van der Waals surface area contributed by atoms with E-state index in [1.54, 1.807) is 0 Å². The first-order valence-electron chi connectivity index (χ1n) is 27.3. The Balaban J connectivity index is 3.03. The highest BCUT2D eigenvalue weighted by Gasteiger charge is 2.51. The quantitative estimate of drug-likeness (QED) is 0.0276. The van der Waals surface area contributed by atoms with Crippen molar-refractivity contribution in [1.82, 2.24) is 0 Å². The second-order valence-corrected chi connectivity index (χ2v) is 19.4. The number of thiol groups is 1. The Morgan fingerprint density at radius 2 is 0.594 bits per heavy atom. The third kappa shape index (κ3) is 33.6. The van der Waals surface area contributed by atoms with Gasteiger partial charge in [0.2, 0.25) is 0 Å². The lowest BCUT2D eigenvalue weighted by molar-refractivity contribution is -0.239. The van der Waals surface area contributed by atoms with Crippen LogP contribution in [0.15, 0.2) is 0 Å². The fraction of sp³-hybridized carbons (Fsp3) is 0.926. The van der Waals surface area contributed by atoms with Crippen molar-refractivity contribution in [3.05, 3.63) is 0 Å². The minimum absolute atomic E-state index is 0.195. The summed E-state index contributed by atoms with van der Waals surface area (Å²) < 4.78 is 30.4. The van der Waals surface area contributed by atoms with Gasteiger partial charge in [0.1, 0.15) is 18.1 Å². The molecule has 64 heavy (non-hydrogen) atoms. The van der Waals surface area contributed by atoms with Gasteiger partial charge in [-0.3, -0.25) is 19.2 Å². The summed E-state index contributed by atoms with van der Waals surface area (Å²) in [5.41, 5.74) is -0.995. The van der Waals surface area contributed by atoms with E-state index in [2.05, 4.69) is 27.7 Å². The molecule has 9 nitrogen and oxygen atoms in total. The van der Waals surface area contributed by atoms with E-state index in [4.69, 9.17) is 36.3 Å². The summed E-state index contributed by atoms with van der Waals surface area (Å²) in [5.74, 6) is -1.67. The van der Waals surface area contributed by atoms with Gasteiger partial charge in [-0.05, 0) is 25.7 Å². The maximum atomic E-state index is 13.6. The molecule has 1 rings (SSSR count). The number of carbonyl (C=O) groups is 4. The molecule has 376 valence electrons. The highest BCUT2D eigenvalue weighted by molar-refractivity contribution is 7.80. The molecule has 0 unspecified atom stereocenters. The van der Waals surface area contributed by atoms with Crippen molar-refractivity contribution >= 4 is 36.5 Å². The normalized spacial score (nSPS) is 18.5. The summed E-state index contributed by atoms with van der Waals surface area (Å²) in [6, 6.07) is 0. The molecule has 0 aliphatic carbocycles. The van der Waals surface area contributed by atoms with E-state index in [-0.39, 0.29) is 38.3 Å². The number of hydrogen-bond donors (Lipinski definition) is 1. The maximum Gasteiger partial charge on any atom is 0.306 e. The van der Waals surface area contributed by atoms with Gasteiger partial charge in [0, 0.05) is 25.7 Å². The van der Waals surface area contributed by atoms with Gasteiger partial charge in [0.05, 0.1) is 0 Å².